The molecule has 13 aromatic rings. The number of hydrogen-bond acceptors (Lipinski definition) is 0. The van der Waals surface area contributed by atoms with Gasteiger partial charge in [0, 0.05) is 0 Å². The number of hydrogen-bond donors (Lipinski definition) is 0. The fraction of sp³-hybridized carbons (Fsp3) is 0. The Hall–Kier alpha value is -7.54. The third-order valence-electron chi connectivity index (χ3n) is 13.3. The molecule has 0 amide bonds. The second-order valence-electron chi connectivity index (χ2n) is 16.6. The van der Waals surface area contributed by atoms with E-state index >= 15 is 0 Å². The van der Waals surface area contributed by atoms with Crippen LogP contribution < -0.4 is 0 Å². The Morgan fingerprint density at radius 1 is 0.206 bits per heavy atom. The van der Waals surface area contributed by atoms with Crippen molar-refractivity contribution in [2.75, 3.05) is 0 Å². The standard InChI is InChI=1S/C62H38Se/c1-3-18-39(19-4-1)42-36-37-53(44-23-8-7-22-43(42)44)60-49-28-13-11-26-47(49)59(48-27-12-14-29-50(48)60)41-34-35-54-57(38-41)63-56-33-17-32-55(62(54)56)61-51-30-15-9-24-45(51)58(40-20-5-2-6-21-40)46-25-10-16-31-52(46)61/h1-38H. The third-order valence-corrected chi connectivity index (χ3v) is 15.6. The molecule has 0 N–H and O–H groups in total. The molecule has 1 heterocycles. The molecule has 0 atom stereocenters. The Bertz CT molecular complexity index is 3840. The van der Waals surface area contributed by atoms with Gasteiger partial charge >= 0.3 is 343 Å². The van der Waals surface area contributed by atoms with Crippen LogP contribution in [0.1, 0.15) is 0 Å². The zero-order chi connectivity index (χ0) is 41.4. The van der Waals surface area contributed by atoms with Crippen molar-refractivity contribution in [1.82, 2.24) is 0 Å². The fourth-order valence-electron chi connectivity index (χ4n) is 10.6. The number of benzene rings is 12. The molecule has 12 aromatic carbocycles. The summed E-state index contributed by atoms with van der Waals surface area (Å²) in [7, 11) is 0. The normalized spacial score (nSPS) is 11.8. The summed E-state index contributed by atoms with van der Waals surface area (Å²) in [5, 5.41) is 15.6. The van der Waals surface area contributed by atoms with E-state index in [4.69, 9.17) is 0 Å². The number of rotatable bonds is 5. The van der Waals surface area contributed by atoms with Gasteiger partial charge in [-0.3, -0.25) is 0 Å². The van der Waals surface area contributed by atoms with Gasteiger partial charge < -0.3 is 0 Å². The van der Waals surface area contributed by atoms with Crippen LogP contribution in [0, 0.1) is 0 Å². The first-order valence-electron chi connectivity index (χ1n) is 21.8. The van der Waals surface area contributed by atoms with Crippen LogP contribution in [0.5, 0.6) is 0 Å². The molecular weight excluding hydrogens is 824 g/mol. The molecule has 1 heteroatoms. The molecule has 0 saturated carbocycles. The molecule has 0 spiro atoms. The van der Waals surface area contributed by atoms with Crippen LogP contribution in [0.3, 0.4) is 0 Å². The summed E-state index contributed by atoms with van der Waals surface area (Å²) in [6.45, 7) is 0. The van der Waals surface area contributed by atoms with Crippen LogP contribution in [0.25, 0.3) is 129 Å². The Kier molecular flexibility index (Phi) is 8.34. The maximum Gasteiger partial charge on any atom is -0.0544 e. The smallest absolute Gasteiger partial charge is 0.0544 e. The van der Waals surface area contributed by atoms with Crippen molar-refractivity contribution in [3.63, 3.8) is 0 Å². The second kappa shape index (κ2) is 14.5. The van der Waals surface area contributed by atoms with E-state index < -0.39 is 0 Å². The van der Waals surface area contributed by atoms with Crippen LogP contribution >= 0.6 is 0 Å². The largest absolute Gasteiger partial charge is 0.0617 e. The number of fused-ring (bicyclic) bond motifs is 8. The van der Waals surface area contributed by atoms with E-state index in [1.54, 1.807) is 0 Å². The Morgan fingerprint density at radius 2 is 0.619 bits per heavy atom. The average molecular weight is 862 g/mol. The van der Waals surface area contributed by atoms with E-state index in [2.05, 4.69) is 231 Å². The van der Waals surface area contributed by atoms with E-state index in [1.165, 1.54) is 129 Å². The van der Waals surface area contributed by atoms with Gasteiger partial charge in [0.15, 0.2) is 0 Å². The van der Waals surface area contributed by atoms with Crippen molar-refractivity contribution in [1.29, 1.82) is 0 Å². The molecule has 0 radical (unpaired) electrons. The SMILES string of the molecule is c1ccc(-c2ccc(-c3c4ccccc4c(-c4ccc5c(c4)[se]c4cccc(-c6c7ccccc7c(-c7ccccc7)c7ccccc67)c45)c4ccccc34)c3ccccc23)cc1. The molecule has 0 bridgehead atoms. The van der Waals surface area contributed by atoms with Crippen molar-refractivity contribution in [2.24, 2.45) is 0 Å². The molecule has 0 aliphatic heterocycles. The predicted molar refractivity (Wildman–Crippen MR) is 273 cm³/mol. The summed E-state index contributed by atoms with van der Waals surface area (Å²) in [5.74, 6) is 0. The molecule has 13 rings (SSSR count). The van der Waals surface area contributed by atoms with Gasteiger partial charge in [0.1, 0.15) is 0 Å². The minimum Gasteiger partial charge on any atom is -0.0617 e. The minimum atomic E-state index is 0.150. The third kappa shape index (κ3) is 5.61. The van der Waals surface area contributed by atoms with Gasteiger partial charge in [0.25, 0.3) is 0 Å². The fourth-order valence-corrected chi connectivity index (χ4v) is 13.1. The van der Waals surface area contributed by atoms with Crippen LogP contribution in [-0.2, 0) is 0 Å². The maximum absolute atomic E-state index is 2.52. The molecule has 0 nitrogen and oxygen atoms in total. The van der Waals surface area contributed by atoms with Gasteiger partial charge in [-0.25, -0.2) is 0 Å². The van der Waals surface area contributed by atoms with Crippen LogP contribution in [0.2, 0.25) is 0 Å². The monoisotopic (exact) mass is 862 g/mol. The molecule has 0 aliphatic carbocycles. The van der Waals surface area contributed by atoms with Gasteiger partial charge in [-0.2, -0.15) is 0 Å². The molecule has 1 aromatic heterocycles. The molecule has 292 valence electrons. The van der Waals surface area contributed by atoms with Gasteiger partial charge in [0.05, 0.1) is 0 Å². The van der Waals surface area contributed by atoms with Gasteiger partial charge in [0.2, 0.25) is 0 Å². The van der Waals surface area contributed by atoms with Crippen molar-refractivity contribution < 1.29 is 0 Å². The first-order chi connectivity index (χ1) is 31.3. The van der Waals surface area contributed by atoms with Crippen molar-refractivity contribution in [3.8, 4) is 55.6 Å². The van der Waals surface area contributed by atoms with E-state index in [0.29, 0.717) is 0 Å². The summed E-state index contributed by atoms with van der Waals surface area (Å²) in [5.41, 5.74) is 12.8. The summed E-state index contributed by atoms with van der Waals surface area (Å²) in [6, 6.07) is 85.8. The van der Waals surface area contributed by atoms with Crippen LogP contribution in [0.4, 0.5) is 0 Å². The first kappa shape index (κ1) is 36.1. The van der Waals surface area contributed by atoms with E-state index in [1.807, 2.05) is 0 Å². The van der Waals surface area contributed by atoms with Crippen LogP contribution in [-0.4, -0.2) is 14.5 Å². The summed E-state index contributed by atoms with van der Waals surface area (Å²) >= 11 is 0.150. The second-order valence-corrected chi connectivity index (χ2v) is 18.9. The first-order valence-corrected chi connectivity index (χ1v) is 23.5. The van der Waals surface area contributed by atoms with Gasteiger partial charge in [-0.05, 0) is 0 Å². The topological polar surface area (TPSA) is 0 Å². The Morgan fingerprint density at radius 3 is 1.16 bits per heavy atom. The molecule has 63 heavy (non-hydrogen) atoms. The van der Waals surface area contributed by atoms with E-state index in [9.17, 15) is 0 Å². The Labute approximate surface area is 371 Å². The summed E-state index contributed by atoms with van der Waals surface area (Å²) in [6.07, 6.45) is 0. The van der Waals surface area contributed by atoms with Crippen molar-refractivity contribution in [2.45, 2.75) is 0 Å². The average Bonchev–Trinajstić information content (AvgIpc) is 3.73. The van der Waals surface area contributed by atoms with Crippen molar-refractivity contribution >= 4 is 87.7 Å². The minimum absolute atomic E-state index is 0.150. The summed E-state index contributed by atoms with van der Waals surface area (Å²) in [4.78, 5) is 0. The zero-order valence-corrected chi connectivity index (χ0v) is 36.1. The molecule has 0 unspecified atom stereocenters. The van der Waals surface area contributed by atoms with Crippen molar-refractivity contribution in [3.05, 3.63) is 231 Å². The van der Waals surface area contributed by atoms with Gasteiger partial charge in [-0.1, -0.05) is 30.3 Å². The van der Waals surface area contributed by atoms with E-state index in [0.717, 1.165) is 0 Å². The predicted octanol–water partition coefficient (Wildman–Crippen LogP) is 17.2. The maximum atomic E-state index is 2.52. The molecular formula is C62H38Se. The quantitative estimate of drug-likeness (QED) is 0.119. The van der Waals surface area contributed by atoms with Gasteiger partial charge in [-0.15, -0.1) is 0 Å². The Balaban J connectivity index is 1.04. The van der Waals surface area contributed by atoms with E-state index in [-0.39, 0.29) is 14.5 Å². The molecule has 0 saturated heterocycles. The molecule has 0 aliphatic rings. The van der Waals surface area contributed by atoms with Crippen LogP contribution in [0.15, 0.2) is 231 Å². The zero-order valence-electron chi connectivity index (χ0n) is 34.3. The molecule has 0 fully saturated rings. The summed E-state index contributed by atoms with van der Waals surface area (Å²) < 4.78 is 2.89.